The van der Waals surface area contributed by atoms with Gasteiger partial charge in [0, 0.05) is 48.1 Å². The molecule has 0 saturated heterocycles. The van der Waals surface area contributed by atoms with Crippen LogP contribution in [-0.4, -0.2) is 17.0 Å². The van der Waals surface area contributed by atoms with E-state index in [1.165, 1.54) is 10.9 Å². The average molecular weight is 417 g/mol. The first-order chi connectivity index (χ1) is 14.6. The van der Waals surface area contributed by atoms with Gasteiger partial charge < -0.3 is 9.88 Å². The van der Waals surface area contributed by atoms with Gasteiger partial charge in [-0.25, -0.2) is 0 Å². The summed E-state index contributed by atoms with van der Waals surface area (Å²) in [5.74, 6) is -0.0182. The Hall–Kier alpha value is -3.04. The topological polar surface area (TPSA) is 34.0 Å². The molecule has 1 atom stereocenters. The highest BCUT2D eigenvalue weighted by molar-refractivity contribution is 6.30. The molecule has 3 aromatic carbocycles. The van der Waals surface area contributed by atoms with E-state index in [-0.39, 0.29) is 11.8 Å². The highest BCUT2D eigenvalue weighted by Crippen LogP contribution is 2.35. The van der Waals surface area contributed by atoms with Crippen LogP contribution in [0.4, 0.5) is 0 Å². The number of rotatable bonds is 7. The van der Waals surface area contributed by atoms with E-state index in [0.717, 1.165) is 23.1 Å². The van der Waals surface area contributed by atoms with Gasteiger partial charge in [0.25, 0.3) is 0 Å². The van der Waals surface area contributed by atoms with Gasteiger partial charge >= 0.3 is 0 Å². The molecule has 1 heterocycles. The van der Waals surface area contributed by atoms with E-state index >= 15 is 0 Å². The molecule has 30 heavy (non-hydrogen) atoms. The van der Waals surface area contributed by atoms with Crippen LogP contribution in [0.15, 0.2) is 85.1 Å². The molecule has 0 aliphatic rings. The molecular weight excluding hydrogens is 392 g/mol. The van der Waals surface area contributed by atoms with Gasteiger partial charge in [0.05, 0.1) is 0 Å². The number of carbonyl (C=O) groups excluding carboxylic acids is 1. The first kappa shape index (κ1) is 20.2. The van der Waals surface area contributed by atoms with Crippen molar-refractivity contribution < 1.29 is 4.79 Å². The number of carbonyl (C=O) groups is 1. The number of nitrogens with one attached hydrogen (secondary N) is 1. The molecule has 4 aromatic rings. The van der Waals surface area contributed by atoms with Crippen LogP contribution in [0, 0.1) is 0 Å². The van der Waals surface area contributed by atoms with Crippen LogP contribution in [0.25, 0.3) is 10.9 Å². The van der Waals surface area contributed by atoms with E-state index in [2.05, 4.69) is 46.4 Å². The lowest BCUT2D eigenvalue weighted by atomic mass is 9.88. The van der Waals surface area contributed by atoms with E-state index < -0.39 is 0 Å². The third-order valence-electron chi connectivity index (χ3n) is 5.52. The van der Waals surface area contributed by atoms with E-state index in [4.69, 9.17) is 11.6 Å². The van der Waals surface area contributed by atoms with Crippen molar-refractivity contribution in [3.8, 4) is 0 Å². The molecule has 0 aliphatic heterocycles. The Bertz CT molecular complexity index is 1150. The summed E-state index contributed by atoms with van der Waals surface area (Å²) in [6.07, 6.45) is 3.33. The van der Waals surface area contributed by atoms with E-state index in [9.17, 15) is 4.79 Å². The van der Waals surface area contributed by atoms with Crippen molar-refractivity contribution in [2.75, 3.05) is 6.54 Å². The van der Waals surface area contributed by atoms with Crippen molar-refractivity contribution in [1.82, 2.24) is 9.88 Å². The zero-order valence-corrected chi connectivity index (χ0v) is 17.8. The standard InChI is InChI=1S/C26H25ClN2O/c1-29-18-24(22-12-5-6-13-25(22)29)23(20-10-7-11-21(27)16-20)17-26(30)28-15-14-19-8-3-2-4-9-19/h2-13,16,18,23H,14-15,17H2,1H3,(H,28,30). The van der Waals surface area contributed by atoms with Crippen LogP contribution in [0.1, 0.15) is 29.0 Å². The van der Waals surface area contributed by atoms with Crippen molar-refractivity contribution in [3.05, 3.63) is 107 Å². The lowest BCUT2D eigenvalue weighted by Gasteiger charge is -2.18. The molecule has 1 N–H and O–H groups in total. The van der Waals surface area contributed by atoms with Gasteiger partial charge in [0.15, 0.2) is 0 Å². The molecule has 4 heteroatoms. The summed E-state index contributed by atoms with van der Waals surface area (Å²) >= 11 is 6.28. The number of hydrogen-bond acceptors (Lipinski definition) is 1. The highest BCUT2D eigenvalue weighted by atomic mass is 35.5. The fourth-order valence-electron chi connectivity index (χ4n) is 4.03. The lowest BCUT2D eigenvalue weighted by Crippen LogP contribution is -2.27. The lowest BCUT2D eigenvalue weighted by molar-refractivity contribution is -0.121. The zero-order valence-electron chi connectivity index (χ0n) is 17.0. The minimum atomic E-state index is -0.0634. The summed E-state index contributed by atoms with van der Waals surface area (Å²) in [5, 5.41) is 4.94. The summed E-state index contributed by atoms with van der Waals surface area (Å²) in [5.41, 5.74) is 4.58. The molecule has 1 aromatic heterocycles. The van der Waals surface area contributed by atoms with Crippen LogP contribution in [0.5, 0.6) is 0 Å². The maximum absolute atomic E-state index is 12.9. The average Bonchev–Trinajstić information content (AvgIpc) is 3.09. The maximum Gasteiger partial charge on any atom is 0.220 e. The Morgan fingerprint density at radius 1 is 1.00 bits per heavy atom. The molecule has 0 bridgehead atoms. The number of aryl methyl sites for hydroxylation is 1. The smallest absolute Gasteiger partial charge is 0.220 e. The van der Waals surface area contributed by atoms with Crippen molar-refractivity contribution in [2.45, 2.75) is 18.8 Å². The molecule has 0 spiro atoms. The summed E-state index contributed by atoms with van der Waals surface area (Å²) in [7, 11) is 2.04. The van der Waals surface area contributed by atoms with Gasteiger partial charge in [-0.2, -0.15) is 0 Å². The molecule has 0 saturated carbocycles. The number of aromatic nitrogens is 1. The summed E-state index contributed by atoms with van der Waals surface area (Å²) < 4.78 is 2.12. The maximum atomic E-state index is 12.9. The molecule has 0 radical (unpaired) electrons. The number of hydrogen-bond donors (Lipinski definition) is 1. The number of fused-ring (bicyclic) bond motifs is 1. The first-order valence-corrected chi connectivity index (χ1v) is 10.6. The van der Waals surface area contributed by atoms with Gasteiger partial charge in [-0.3, -0.25) is 4.79 Å². The Morgan fingerprint density at radius 3 is 2.57 bits per heavy atom. The Kier molecular flexibility index (Phi) is 6.20. The monoisotopic (exact) mass is 416 g/mol. The van der Waals surface area contributed by atoms with Crippen molar-refractivity contribution in [2.24, 2.45) is 7.05 Å². The largest absolute Gasteiger partial charge is 0.356 e. The van der Waals surface area contributed by atoms with Gasteiger partial charge in [-0.1, -0.05) is 72.3 Å². The Balaban J connectivity index is 1.57. The number of nitrogens with zero attached hydrogens (tertiary/aromatic N) is 1. The fourth-order valence-corrected chi connectivity index (χ4v) is 4.23. The molecule has 3 nitrogen and oxygen atoms in total. The molecule has 152 valence electrons. The van der Waals surface area contributed by atoms with Crippen molar-refractivity contribution >= 4 is 28.4 Å². The third kappa shape index (κ3) is 4.58. The molecule has 1 unspecified atom stereocenters. The van der Waals surface area contributed by atoms with Crippen molar-refractivity contribution in [1.29, 1.82) is 0 Å². The van der Waals surface area contributed by atoms with Crippen molar-refractivity contribution in [3.63, 3.8) is 0 Å². The Morgan fingerprint density at radius 2 is 1.77 bits per heavy atom. The van der Waals surface area contributed by atoms with Crippen LogP contribution in [0.3, 0.4) is 0 Å². The van der Waals surface area contributed by atoms with E-state index in [1.807, 2.05) is 55.6 Å². The first-order valence-electron chi connectivity index (χ1n) is 10.2. The van der Waals surface area contributed by atoms with Crippen LogP contribution in [0.2, 0.25) is 5.02 Å². The second kappa shape index (κ2) is 9.19. The van der Waals surface area contributed by atoms with Crippen LogP contribution >= 0.6 is 11.6 Å². The zero-order chi connectivity index (χ0) is 20.9. The van der Waals surface area contributed by atoms with Gasteiger partial charge in [-0.15, -0.1) is 0 Å². The Labute approximate surface area is 182 Å². The summed E-state index contributed by atoms with van der Waals surface area (Å²) in [6, 6.07) is 26.3. The van der Waals surface area contributed by atoms with Crippen LogP contribution in [-0.2, 0) is 18.3 Å². The number of benzene rings is 3. The van der Waals surface area contributed by atoms with E-state index in [1.54, 1.807) is 0 Å². The summed E-state index contributed by atoms with van der Waals surface area (Å²) in [4.78, 5) is 12.9. The van der Waals surface area contributed by atoms with Gasteiger partial charge in [0.2, 0.25) is 5.91 Å². The highest BCUT2D eigenvalue weighted by Gasteiger charge is 2.22. The minimum Gasteiger partial charge on any atom is -0.356 e. The molecule has 1 amide bonds. The normalized spacial score (nSPS) is 12.1. The predicted molar refractivity (Wildman–Crippen MR) is 124 cm³/mol. The minimum absolute atomic E-state index is 0.0452. The molecular formula is C26H25ClN2O. The summed E-state index contributed by atoms with van der Waals surface area (Å²) in [6.45, 7) is 0.626. The number of amides is 1. The third-order valence-corrected chi connectivity index (χ3v) is 5.76. The quantitative estimate of drug-likeness (QED) is 0.411. The number of halogens is 1. The molecule has 0 fully saturated rings. The second-order valence-corrected chi connectivity index (χ2v) is 8.05. The number of para-hydroxylation sites is 1. The van der Waals surface area contributed by atoms with Gasteiger partial charge in [0.1, 0.15) is 0 Å². The van der Waals surface area contributed by atoms with Gasteiger partial charge in [-0.05, 0) is 41.3 Å². The van der Waals surface area contributed by atoms with E-state index in [0.29, 0.717) is 18.0 Å². The fraction of sp³-hybridized carbons (Fsp3) is 0.192. The predicted octanol–water partition coefficient (Wildman–Crippen LogP) is 5.71. The molecule has 4 rings (SSSR count). The van der Waals surface area contributed by atoms with Crippen LogP contribution < -0.4 is 5.32 Å². The second-order valence-electron chi connectivity index (χ2n) is 7.61. The SMILES string of the molecule is Cn1cc(C(CC(=O)NCCc2ccccc2)c2cccc(Cl)c2)c2ccccc21. The molecule has 0 aliphatic carbocycles.